The predicted octanol–water partition coefficient (Wildman–Crippen LogP) is 5.22. The molecule has 0 spiro atoms. The van der Waals surface area contributed by atoms with E-state index in [-0.39, 0.29) is 18.9 Å². The molecule has 0 aliphatic carbocycles. The van der Waals surface area contributed by atoms with Crippen molar-refractivity contribution < 1.29 is 14.3 Å². The van der Waals surface area contributed by atoms with Crippen molar-refractivity contribution in [2.45, 2.75) is 31.7 Å². The molecule has 2 aromatic rings. The van der Waals surface area contributed by atoms with Gasteiger partial charge in [-0.15, -0.1) is 0 Å². The minimum absolute atomic E-state index is 0.0591. The molecule has 1 N–H and O–H groups in total. The van der Waals surface area contributed by atoms with Crippen LogP contribution in [-0.4, -0.2) is 24.3 Å². The fourth-order valence-electron chi connectivity index (χ4n) is 3.55. The Morgan fingerprint density at radius 3 is 2.69 bits per heavy atom. The third-order valence-corrected chi connectivity index (χ3v) is 5.14. The molecule has 0 aromatic heterocycles. The van der Waals surface area contributed by atoms with Gasteiger partial charge in [0.05, 0.1) is 6.04 Å². The van der Waals surface area contributed by atoms with Crippen molar-refractivity contribution in [1.82, 2.24) is 4.90 Å². The number of urea groups is 1. The molecule has 0 radical (unpaired) electrons. The third kappa shape index (κ3) is 3.58. The highest BCUT2D eigenvalue weighted by Crippen LogP contribution is 2.35. The molecule has 0 bridgehead atoms. The summed E-state index contributed by atoms with van der Waals surface area (Å²) in [5, 5.41) is 3.71. The van der Waals surface area contributed by atoms with Gasteiger partial charge >= 0.3 is 6.03 Å². The Kier molecular flexibility index (Phi) is 4.89. The van der Waals surface area contributed by atoms with E-state index in [0.717, 1.165) is 37.8 Å². The molecule has 1 atom stereocenters. The summed E-state index contributed by atoms with van der Waals surface area (Å²) in [4.78, 5) is 14.9. The molecule has 26 heavy (non-hydrogen) atoms. The number of rotatable bonds is 2. The molecule has 136 valence electrons. The lowest BCUT2D eigenvalue weighted by Crippen LogP contribution is -2.38. The van der Waals surface area contributed by atoms with Gasteiger partial charge in [-0.3, -0.25) is 0 Å². The molecule has 2 amide bonds. The molecule has 2 aromatic carbocycles. The second kappa shape index (κ2) is 7.46. The Morgan fingerprint density at radius 1 is 1.04 bits per heavy atom. The second-order valence-electron chi connectivity index (χ2n) is 6.61. The van der Waals surface area contributed by atoms with Gasteiger partial charge in [-0.05, 0) is 42.7 Å². The Hall–Kier alpha value is -2.40. The van der Waals surface area contributed by atoms with Crippen molar-refractivity contribution in [3.63, 3.8) is 0 Å². The van der Waals surface area contributed by atoms with Crippen LogP contribution in [0.3, 0.4) is 0 Å². The number of fused-ring (bicyclic) bond motifs is 1. The fraction of sp³-hybridized carbons (Fsp3) is 0.350. The van der Waals surface area contributed by atoms with E-state index in [9.17, 15) is 4.79 Å². The molecule has 1 saturated heterocycles. The van der Waals surface area contributed by atoms with Crippen molar-refractivity contribution in [1.29, 1.82) is 0 Å². The minimum atomic E-state index is -0.0919. The first kappa shape index (κ1) is 17.0. The highest BCUT2D eigenvalue weighted by molar-refractivity contribution is 6.30. The SMILES string of the molecule is O=C(Nc1ccc2c(c1)OCO2)N1CCCCC[C@@H]1c1ccc(Cl)cc1. The topological polar surface area (TPSA) is 50.8 Å². The maximum absolute atomic E-state index is 13.0. The number of hydrogen-bond donors (Lipinski definition) is 1. The van der Waals surface area contributed by atoms with Gasteiger partial charge in [0.2, 0.25) is 6.79 Å². The van der Waals surface area contributed by atoms with Crippen molar-refractivity contribution in [2.24, 2.45) is 0 Å². The fourth-order valence-corrected chi connectivity index (χ4v) is 3.68. The maximum Gasteiger partial charge on any atom is 0.322 e. The van der Waals surface area contributed by atoms with Crippen LogP contribution in [0, 0.1) is 0 Å². The molecule has 2 heterocycles. The number of nitrogens with zero attached hydrogens (tertiary/aromatic N) is 1. The van der Waals surface area contributed by atoms with Crippen LogP contribution in [0.15, 0.2) is 42.5 Å². The number of hydrogen-bond acceptors (Lipinski definition) is 3. The second-order valence-corrected chi connectivity index (χ2v) is 7.04. The standard InChI is InChI=1S/C20H21ClN2O3/c21-15-7-5-14(6-8-15)17-4-2-1-3-11-23(17)20(24)22-16-9-10-18-19(12-16)26-13-25-18/h5-10,12,17H,1-4,11,13H2,(H,22,24)/t17-/m1/s1. The molecule has 4 rings (SSSR count). The molecule has 6 heteroatoms. The van der Waals surface area contributed by atoms with Gasteiger partial charge in [-0.2, -0.15) is 0 Å². The lowest BCUT2D eigenvalue weighted by molar-refractivity contribution is 0.174. The van der Waals surface area contributed by atoms with Crippen molar-refractivity contribution >= 4 is 23.3 Å². The summed E-state index contributed by atoms with van der Waals surface area (Å²) in [5.74, 6) is 1.37. The van der Waals surface area contributed by atoms with Crippen LogP contribution >= 0.6 is 11.6 Å². The molecule has 0 unspecified atom stereocenters. The van der Waals surface area contributed by atoms with E-state index in [4.69, 9.17) is 21.1 Å². The molecule has 2 aliphatic heterocycles. The Balaban J connectivity index is 1.54. The van der Waals surface area contributed by atoms with E-state index >= 15 is 0 Å². The Bertz CT molecular complexity index is 794. The van der Waals surface area contributed by atoms with Gasteiger partial charge in [0.15, 0.2) is 11.5 Å². The van der Waals surface area contributed by atoms with Crippen LogP contribution in [0.25, 0.3) is 0 Å². The predicted molar refractivity (Wildman–Crippen MR) is 101 cm³/mol. The lowest BCUT2D eigenvalue weighted by atomic mass is 10.0. The molecule has 5 nitrogen and oxygen atoms in total. The van der Waals surface area contributed by atoms with E-state index in [1.165, 1.54) is 0 Å². The van der Waals surface area contributed by atoms with E-state index in [0.29, 0.717) is 22.2 Å². The first-order valence-electron chi connectivity index (χ1n) is 8.93. The number of halogens is 1. The van der Waals surface area contributed by atoms with Crippen LogP contribution in [0.4, 0.5) is 10.5 Å². The number of carbonyl (C=O) groups is 1. The normalized spacial score (nSPS) is 19.1. The van der Waals surface area contributed by atoms with Gasteiger partial charge < -0.3 is 19.7 Å². The Morgan fingerprint density at radius 2 is 1.85 bits per heavy atom. The molecule has 1 fully saturated rings. The summed E-state index contributed by atoms with van der Waals surface area (Å²) in [6, 6.07) is 13.2. The smallest absolute Gasteiger partial charge is 0.322 e. The zero-order valence-electron chi connectivity index (χ0n) is 14.4. The third-order valence-electron chi connectivity index (χ3n) is 4.89. The van der Waals surface area contributed by atoms with E-state index in [1.54, 1.807) is 6.07 Å². The average Bonchev–Trinajstić information content (AvgIpc) is 2.97. The number of ether oxygens (including phenoxy) is 2. The minimum Gasteiger partial charge on any atom is -0.454 e. The van der Waals surface area contributed by atoms with E-state index in [1.807, 2.05) is 41.3 Å². The van der Waals surface area contributed by atoms with Gasteiger partial charge in [0.1, 0.15) is 0 Å². The van der Waals surface area contributed by atoms with Gasteiger partial charge in [-0.25, -0.2) is 4.79 Å². The highest BCUT2D eigenvalue weighted by atomic mass is 35.5. The summed E-state index contributed by atoms with van der Waals surface area (Å²) < 4.78 is 10.7. The number of benzene rings is 2. The average molecular weight is 373 g/mol. The van der Waals surface area contributed by atoms with Gasteiger partial charge in [-0.1, -0.05) is 36.6 Å². The lowest BCUT2D eigenvalue weighted by Gasteiger charge is -2.30. The molecular weight excluding hydrogens is 352 g/mol. The van der Waals surface area contributed by atoms with Crippen LogP contribution in [0.5, 0.6) is 11.5 Å². The summed E-state index contributed by atoms with van der Waals surface area (Å²) in [6.07, 6.45) is 4.22. The Labute approximate surface area is 157 Å². The van der Waals surface area contributed by atoms with Crippen LogP contribution in [-0.2, 0) is 0 Å². The van der Waals surface area contributed by atoms with Crippen molar-refractivity contribution in [3.05, 3.63) is 53.1 Å². The first-order valence-corrected chi connectivity index (χ1v) is 9.31. The zero-order chi connectivity index (χ0) is 17.9. The first-order chi connectivity index (χ1) is 12.7. The summed E-state index contributed by atoms with van der Waals surface area (Å²) in [6.45, 7) is 0.960. The number of amides is 2. The van der Waals surface area contributed by atoms with Crippen LogP contribution in [0.2, 0.25) is 5.02 Å². The number of carbonyl (C=O) groups excluding carboxylic acids is 1. The summed E-state index contributed by atoms with van der Waals surface area (Å²) in [5.41, 5.74) is 1.83. The maximum atomic E-state index is 13.0. The van der Waals surface area contributed by atoms with E-state index < -0.39 is 0 Å². The summed E-state index contributed by atoms with van der Waals surface area (Å²) in [7, 11) is 0. The van der Waals surface area contributed by atoms with Crippen LogP contribution < -0.4 is 14.8 Å². The van der Waals surface area contributed by atoms with Crippen molar-refractivity contribution in [3.8, 4) is 11.5 Å². The van der Waals surface area contributed by atoms with E-state index in [2.05, 4.69) is 5.32 Å². The number of anilines is 1. The largest absolute Gasteiger partial charge is 0.454 e. The summed E-state index contributed by atoms with van der Waals surface area (Å²) >= 11 is 6.02. The molecular formula is C20H21ClN2O3. The molecule has 2 aliphatic rings. The number of likely N-dealkylation sites (tertiary alicyclic amines) is 1. The number of nitrogens with one attached hydrogen (secondary N) is 1. The van der Waals surface area contributed by atoms with Crippen molar-refractivity contribution in [2.75, 3.05) is 18.7 Å². The zero-order valence-corrected chi connectivity index (χ0v) is 15.2. The highest BCUT2D eigenvalue weighted by Gasteiger charge is 2.27. The molecule has 0 saturated carbocycles. The quantitative estimate of drug-likeness (QED) is 0.786. The van der Waals surface area contributed by atoms with Gasteiger partial charge in [0, 0.05) is 23.3 Å². The van der Waals surface area contributed by atoms with Gasteiger partial charge in [0.25, 0.3) is 0 Å². The monoisotopic (exact) mass is 372 g/mol. The van der Waals surface area contributed by atoms with Crippen LogP contribution in [0.1, 0.15) is 37.3 Å².